The predicted molar refractivity (Wildman–Crippen MR) is 79.0 cm³/mol. The van der Waals surface area contributed by atoms with E-state index < -0.39 is 0 Å². The minimum Gasteiger partial charge on any atom is -0.364 e. The van der Waals surface area contributed by atoms with Crippen LogP contribution in [0, 0.1) is 0 Å². The molecule has 21 heavy (non-hydrogen) atoms. The summed E-state index contributed by atoms with van der Waals surface area (Å²) in [4.78, 5) is 18.2. The number of H-pyrrole nitrogens is 1. The number of rotatable bonds is 3. The summed E-state index contributed by atoms with van der Waals surface area (Å²) in [6, 6.07) is 2.11. The third kappa shape index (κ3) is 2.17. The SMILES string of the molecule is Cn1cc(C2CCCN2C(=O)c2cc[nH]c2C2CC2)cn1. The molecule has 0 bridgehead atoms. The van der Waals surface area contributed by atoms with Crippen LogP contribution >= 0.6 is 0 Å². The number of amides is 1. The molecular formula is C16H20N4O. The van der Waals surface area contributed by atoms with Crippen molar-refractivity contribution in [3.63, 3.8) is 0 Å². The largest absolute Gasteiger partial charge is 0.364 e. The van der Waals surface area contributed by atoms with E-state index in [-0.39, 0.29) is 11.9 Å². The summed E-state index contributed by atoms with van der Waals surface area (Å²) in [6.07, 6.45) is 10.3. The molecule has 2 aliphatic rings. The van der Waals surface area contributed by atoms with E-state index in [2.05, 4.69) is 10.1 Å². The van der Waals surface area contributed by atoms with Gasteiger partial charge in [0.1, 0.15) is 0 Å². The van der Waals surface area contributed by atoms with Crippen LogP contribution in [0.3, 0.4) is 0 Å². The number of hydrogen-bond donors (Lipinski definition) is 1. The molecule has 0 radical (unpaired) electrons. The molecule has 1 aliphatic carbocycles. The Balaban J connectivity index is 1.62. The van der Waals surface area contributed by atoms with Crippen LogP contribution in [-0.2, 0) is 7.05 Å². The van der Waals surface area contributed by atoms with Crippen molar-refractivity contribution < 1.29 is 4.79 Å². The van der Waals surface area contributed by atoms with Gasteiger partial charge in [-0.25, -0.2) is 0 Å². The number of nitrogens with zero attached hydrogens (tertiary/aromatic N) is 3. The van der Waals surface area contributed by atoms with Crippen LogP contribution < -0.4 is 0 Å². The second-order valence-corrected chi connectivity index (χ2v) is 6.18. The summed E-state index contributed by atoms with van der Waals surface area (Å²) in [7, 11) is 1.92. The molecule has 2 aromatic heterocycles. The minimum atomic E-state index is 0.171. The predicted octanol–water partition coefficient (Wildman–Crippen LogP) is 2.60. The molecule has 1 aliphatic heterocycles. The number of aromatic amines is 1. The Morgan fingerprint density at radius 2 is 2.24 bits per heavy atom. The third-order valence-corrected chi connectivity index (χ3v) is 4.62. The first-order valence-electron chi connectivity index (χ1n) is 7.71. The number of likely N-dealkylation sites (tertiary alicyclic amines) is 1. The summed E-state index contributed by atoms with van der Waals surface area (Å²) in [6.45, 7) is 0.841. The lowest BCUT2D eigenvalue weighted by atomic mass is 10.1. The number of nitrogens with one attached hydrogen (secondary N) is 1. The fourth-order valence-corrected chi connectivity index (χ4v) is 3.40. The standard InChI is InChI=1S/C16H20N4O/c1-19-10-12(9-18-19)14-3-2-8-20(14)16(21)13-6-7-17-15(13)11-4-5-11/h6-7,9-11,14,17H,2-5,8H2,1H3. The van der Waals surface area contributed by atoms with Gasteiger partial charge in [0.05, 0.1) is 17.8 Å². The van der Waals surface area contributed by atoms with E-state index in [1.807, 2.05) is 41.3 Å². The van der Waals surface area contributed by atoms with Crippen molar-refractivity contribution in [2.24, 2.45) is 7.05 Å². The third-order valence-electron chi connectivity index (χ3n) is 4.62. The molecule has 2 aromatic rings. The molecule has 0 aromatic carbocycles. The van der Waals surface area contributed by atoms with Gasteiger partial charge in [0, 0.05) is 37.2 Å². The molecule has 3 heterocycles. The highest BCUT2D eigenvalue weighted by atomic mass is 16.2. The van der Waals surface area contributed by atoms with E-state index in [0.717, 1.165) is 36.2 Å². The first kappa shape index (κ1) is 12.7. The van der Waals surface area contributed by atoms with Crippen LogP contribution in [0.2, 0.25) is 0 Å². The first-order valence-corrected chi connectivity index (χ1v) is 7.71. The van der Waals surface area contributed by atoms with Crippen molar-refractivity contribution in [2.75, 3.05) is 6.54 Å². The van der Waals surface area contributed by atoms with Crippen LogP contribution in [0.15, 0.2) is 24.7 Å². The van der Waals surface area contributed by atoms with Gasteiger partial charge in [-0.1, -0.05) is 0 Å². The smallest absolute Gasteiger partial charge is 0.256 e. The molecule has 110 valence electrons. The lowest BCUT2D eigenvalue weighted by Gasteiger charge is -2.24. The maximum absolute atomic E-state index is 12.9. The Morgan fingerprint density at radius 1 is 1.38 bits per heavy atom. The van der Waals surface area contributed by atoms with Gasteiger partial charge in [-0.05, 0) is 37.7 Å². The van der Waals surface area contributed by atoms with E-state index in [4.69, 9.17) is 0 Å². The lowest BCUT2D eigenvalue weighted by Crippen LogP contribution is -2.30. The Labute approximate surface area is 123 Å². The summed E-state index contributed by atoms with van der Waals surface area (Å²) in [5.74, 6) is 0.739. The van der Waals surface area contributed by atoms with E-state index in [9.17, 15) is 4.79 Å². The Bertz CT molecular complexity index is 667. The number of carbonyl (C=O) groups excluding carboxylic acids is 1. The average molecular weight is 284 g/mol. The molecule has 1 N–H and O–H groups in total. The summed E-state index contributed by atoms with van der Waals surface area (Å²) >= 11 is 0. The quantitative estimate of drug-likeness (QED) is 0.942. The second-order valence-electron chi connectivity index (χ2n) is 6.18. The molecule has 1 atom stereocenters. The van der Waals surface area contributed by atoms with E-state index in [1.165, 1.54) is 12.8 Å². The first-order chi connectivity index (χ1) is 10.2. The zero-order chi connectivity index (χ0) is 14.4. The number of hydrogen-bond acceptors (Lipinski definition) is 2. The summed E-state index contributed by atoms with van der Waals surface area (Å²) < 4.78 is 1.81. The molecule has 5 heteroatoms. The Kier molecular flexibility index (Phi) is 2.87. The van der Waals surface area contributed by atoms with Gasteiger partial charge in [0.2, 0.25) is 0 Å². The monoisotopic (exact) mass is 284 g/mol. The molecule has 1 saturated heterocycles. The van der Waals surface area contributed by atoms with Crippen molar-refractivity contribution in [1.82, 2.24) is 19.7 Å². The van der Waals surface area contributed by atoms with Crippen LogP contribution in [0.5, 0.6) is 0 Å². The average Bonchev–Trinajstić information content (AvgIpc) is 2.94. The van der Waals surface area contributed by atoms with Crippen molar-refractivity contribution in [3.05, 3.63) is 41.5 Å². The topological polar surface area (TPSA) is 53.9 Å². The number of carbonyl (C=O) groups is 1. The van der Waals surface area contributed by atoms with Crippen molar-refractivity contribution in [1.29, 1.82) is 0 Å². The van der Waals surface area contributed by atoms with Crippen LogP contribution in [0.1, 0.15) is 59.3 Å². The van der Waals surface area contributed by atoms with Gasteiger partial charge in [0.15, 0.2) is 0 Å². The van der Waals surface area contributed by atoms with Crippen molar-refractivity contribution in [3.8, 4) is 0 Å². The van der Waals surface area contributed by atoms with Gasteiger partial charge in [-0.15, -0.1) is 0 Å². The van der Waals surface area contributed by atoms with Gasteiger partial charge in [-0.2, -0.15) is 5.10 Å². The maximum Gasteiger partial charge on any atom is 0.256 e. The molecule has 1 amide bonds. The zero-order valence-electron chi connectivity index (χ0n) is 12.2. The Morgan fingerprint density at radius 3 is 2.95 bits per heavy atom. The van der Waals surface area contributed by atoms with Gasteiger partial charge >= 0.3 is 0 Å². The molecular weight excluding hydrogens is 264 g/mol. The van der Waals surface area contributed by atoms with Gasteiger partial charge < -0.3 is 9.88 Å². The fourth-order valence-electron chi connectivity index (χ4n) is 3.40. The summed E-state index contributed by atoms with van der Waals surface area (Å²) in [5.41, 5.74) is 3.15. The molecule has 1 unspecified atom stereocenters. The minimum absolute atomic E-state index is 0.171. The highest BCUT2D eigenvalue weighted by molar-refractivity contribution is 5.96. The summed E-state index contributed by atoms with van der Waals surface area (Å²) in [5, 5.41) is 4.25. The molecule has 0 spiro atoms. The highest BCUT2D eigenvalue weighted by Gasteiger charge is 2.35. The van der Waals surface area contributed by atoms with Crippen LogP contribution in [0.4, 0.5) is 0 Å². The van der Waals surface area contributed by atoms with Crippen molar-refractivity contribution in [2.45, 2.75) is 37.6 Å². The molecule has 2 fully saturated rings. The second kappa shape index (κ2) is 4.76. The lowest BCUT2D eigenvalue weighted by molar-refractivity contribution is 0.0734. The van der Waals surface area contributed by atoms with E-state index in [0.29, 0.717) is 5.92 Å². The molecule has 4 rings (SSSR count). The van der Waals surface area contributed by atoms with Crippen LogP contribution in [-0.4, -0.2) is 32.1 Å². The normalized spacial score (nSPS) is 22.0. The number of aryl methyl sites for hydroxylation is 1. The van der Waals surface area contributed by atoms with E-state index in [1.54, 1.807) is 0 Å². The zero-order valence-corrected chi connectivity index (χ0v) is 12.2. The molecule has 5 nitrogen and oxygen atoms in total. The fraction of sp³-hybridized carbons (Fsp3) is 0.500. The Hall–Kier alpha value is -2.04. The maximum atomic E-state index is 12.9. The highest BCUT2D eigenvalue weighted by Crippen LogP contribution is 2.42. The number of aromatic nitrogens is 3. The van der Waals surface area contributed by atoms with E-state index >= 15 is 0 Å². The molecule has 1 saturated carbocycles. The van der Waals surface area contributed by atoms with Gasteiger partial charge in [0.25, 0.3) is 5.91 Å². The van der Waals surface area contributed by atoms with Crippen molar-refractivity contribution >= 4 is 5.91 Å². The van der Waals surface area contributed by atoms with Crippen LogP contribution in [0.25, 0.3) is 0 Å². The van der Waals surface area contributed by atoms with Gasteiger partial charge in [-0.3, -0.25) is 9.48 Å².